The van der Waals surface area contributed by atoms with Gasteiger partial charge in [0.15, 0.2) is 11.5 Å². The Labute approximate surface area is 267 Å². The number of methoxy groups -OCH3 is 2. The molecule has 0 bridgehead atoms. The number of benzene rings is 3. The first-order valence-electron chi connectivity index (χ1n) is 13.5. The van der Waals surface area contributed by atoms with Gasteiger partial charge in [-0.25, -0.2) is 8.42 Å². The van der Waals surface area contributed by atoms with Crippen LogP contribution in [0.1, 0.15) is 32.3 Å². The topological polar surface area (TPSA) is 105 Å². The van der Waals surface area contributed by atoms with Crippen molar-refractivity contribution in [2.24, 2.45) is 0 Å². The standard InChI is InChI=1S/C30H34Cl3N3O6S/c1-5-16-34-30(38)26(6-2)35(18-23-24(32)8-7-9-25(23)33)29(37)19-36(21-12-10-20(31)11-13-21)43(39,40)22-14-15-27(41-3)28(17-22)42-4/h7-15,17,26H,5-6,16,18-19H2,1-4H3,(H,34,38)/t26-/m0/s1. The maximum atomic E-state index is 14.2. The van der Waals surface area contributed by atoms with Crippen molar-refractivity contribution in [2.75, 3.05) is 31.6 Å². The molecule has 0 fully saturated rings. The van der Waals surface area contributed by atoms with Gasteiger partial charge in [0.2, 0.25) is 11.8 Å². The van der Waals surface area contributed by atoms with Gasteiger partial charge < -0.3 is 19.7 Å². The Morgan fingerprint density at radius 1 is 0.907 bits per heavy atom. The zero-order valence-corrected chi connectivity index (χ0v) is 27.4. The summed E-state index contributed by atoms with van der Waals surface area (Å²) in [6, 6.07) is 14.2. The van der Waals surface area contributed by atoms with E-state index in [1.807, 2.05) is 6.92 Å². The smallest absolute Gasteiger partial charge is 0.264 e. The molecule has 0 aliphatic heterocycles. The van der Waals surface area contributed by atoms with E-state index >= 15 is 0 Å². The number of halogens is 3. The second-order valence-electron chi connectivity index (χ2n) is 9.44. The van der Waals surface area contributed by atoms with E-state index in [9.17, 15) is 18.0 Å². The second-order valence-corrected chi connectivity index (χ2v) is 12.6. The van der Waals surface area contributed by atoms with Crippen molar-refractivity contribution in [3.63, 3.8) is 0 Å². The molecule has 13 heteroatoms. The summed E-state index contributed by atoms with van der Waals surface area (Å²) in [5, 5.41) is 3.83. The van der Waals surface area contributed by atoms with Gasteiger partial charge in [-0.2, -0.15) is 0 Å². The fourth-order valence-corrected chi connectivity index (χ4v) is 6.45. The molecule has 0 radical (unpaired) electrons. The van der Waals surface area contributed by atoms with Gasteiger partial charge in [-0.05, 0) is 61.4 Å². The van der Waals surface area contributed by atoms with Gasteiger partial charge in [-0.15, -0.1) is 0 Å². The van der Waals surface area contributed by atoms with E-state index in [4.69, 9.17) is 44.3 Å². The summed E-state index contributed by atoms with van der Waals surface area (Å²) in [7, 11) is -1.53. The molecule has 0 spiro atoms. The van der Waals surface area contributed by atoms with Crippen LogP contribution in [-0.4, -0.2) is 58.5 Å². The van der Waals surface area contributed by atoms with Crippen LogP contribution in [0.4, 0.5) is 5.69 Å². The fraction of sp³-hybridized carbons (Fsp3) is 0.333. The molecule has 0 saturated heterocycles. The zero-order valence-electron chi connectivity index (χ0n) is 24.3. The molecular formula is C30H34Cl3N3O6S. The Morgan fingerprint density at radius 3 is 2.09 bits per heavy atom. The zero-order chi connectivity index (χ0) is 31.7. The van der Waals surface area contributed by atoms with Gasteiger partial charge in [0.1, 0.15) is 12.6 Å². The van der Waals surface area contributed by atoms with E-state index in [0.717, 1.165) is 4.31 Å². The Morgan fingerprint density at radius 2 is 1.53 bits per heavy atom. The van der Waals surface area contributed by atoms with E-state index in [1.54, 1.807) is 25.1 Å². The van der Waals surface area contributed by atoms with E-state index in [2.05, 4.69) is 5.32 Å². The SMILES string of the molecule is CCCNC(=O)[C@H](CC)N(Cc1c(Cl)cccc1Cl)C(=O)CN(c1ccc(Cl)cc1)S(=O)(=O)c1ccc(OC)c(OC)c1. The van der Waals surface area contributed by atoms with Crippen LogP contribution in [0.2, 0.25) is 15.1 Å². The molecule has 1 atom stereocenters. The number of carbonyl (C=O) groups excluding carboxylic acids is 2. The monoisotopic (exact) mass is 669 g/mol. The Balaban J connectivity index is 2.12. The number of hydrogen-bond acceptors (Lipinski definition) is 6. The molecule has 0 unspecified atom stereocenters. The number of rotatable bonds is 14. The number of carbonyl (C=O) groups is 2. The van der Waals surface area contributed by atoms with Crippen molar-refractivity contribution in [3.8, 4) is 11.5 Å². The highest BCUT2D eigenvalue weighted by Gasteiger charge is 2.34. The predicted octanol–water partition coefficient (Wildman–Crippen LogP) is 6.19. The molecule has 3 rings (SSSR count). The molecule has 9 nitrogen and oxygen atoms in total. The van der Waals surface area contributed by atoms with Gasteiger partial charge in [0, 0.05) is 39.8 Å². The molecule has 1 N–H and O–H groups in total. The van der Waals surface area contributed by atoms with Crippen LogP contribution in [0.5, 0.6) is 11.5 Å². The lowest BCUT2D eigenvalue weighted by molar-refractivity contribution is -0.140. The lowest BCUT2D eigenvalue weighted by atomic mass is 10.1. The third-order valence-corrected chi connectivity index (χ3v) is 9.39. The largest absolute Gasteiger partial charge is 0.493 e. The quantitative estimate of drug-likeness (QED) is 0.219. The lowest BCUT2D eigenvalue weighted by Gasteiger charge is -2.33. The van der Waals surface area contributed by atoms with E-state index in [0.29, 0.717) is 39.3 Å². The molecule has 232 valence electrons. The van der Waals surface area contributed by atoms with Gasteiger partial charge in [-0.3, -0.25) is 13.9 Å². The van der Waals surface area contributed by atoms with Crippen LogP contribution >= 0.6 is 34.8 Å². The second kappa shape index (κ2) is 15.5. The summed E-state index contributed by atoms with van der Waals surface area (Å²) < 4.78 is 39.8. The third kappa shape index (κ3) is 8.26. The summed E-state index contributed by atoms with van der Waals surface area (Å²) in [6.07, 6.45) is 0.951. The van der Waals surface area contributed by atoms with Crippen molar-refractivity contribution in [3.05, 3.63) is 81.3 Å². The van der Waals surface area contributed by atoms with Crippen molar-refractivity contribution >= 4 is 62.3 Å². The van der Waals surface area contributed by atoms with Crippen molar-refractivity contribution in [2.45, 2.75) is 44.2 Å². The molecule has 0 saturated carbocycles. The Kier molecular flexibility index (Phi) is 12.4. The summed E-state index contributed by atoms with van der Waals surface area (Å²) in [4.78, 5) is 28.6. The normalized spacial score (nSPS) is 11.9. The van der Waals surface area contributed by atoms with E-state index in [-0.39, 0.29) is 35.2 Å². The van der Waals surface area contributed by atoms with Gasteiger partial charge >= 0.3 is 0 Å². The molecule has 0 heterocycles. The van der Waals surface area contributed by atoms with Crippen molar-refractivity contribution in [1.29, 1.82) is 0 Å². The first-order chi connectivity index (χ1) is 20.5. The minimum absolute atomic E-state index is 0.125. The molecule has 0 aliphatic rings. The maximum Gasteiger partial charge on any atom is 0.264 e. The molecule has 2 amide bonds. The average Bonchev–Trinajstić information content (AvgIpc) is 2.99. The Hall–Kier alpha value is -3.18. The van der Waals surface area contributed by atoms with Gasteiger partial charge in [0.25, 0.3) is 10.0 Å². The number of ether oxygens (including phenoxy) is 2. The van der Waals surface area contributed by atoms with E-state index < -0.39 is 28.5 Å². The molecule has 43 heavy (non-hydrogen) atoms. The Bertz CT molecular complexity index is 1520. The lowest BCUT2D eigenvalue weighted by Crippen LogP contribution is -2.52. The van der Waals surface area contributed by atoms with Crippen LogP contribution in [-0.2, 0) is 26.2 Å². The summed E-state index contributed by atoms with van der Waals surface area (Å²) in [6.45, 7) is 3.33. The summed E-state index contributed by atoms with van der Waals surface area (Å²) in [5.41, 5.74) is 0.619. The van der Waals surface area contributed by atoms with Crippen LogP contribution in [0.15, 0.2) is 65.6 Å². The highest BCUT2D eigenvalue weighted by molar-refractivity contribution is 7.92. The minimum atomic E-state index is -4.35. The number of nitrogens with zero attached hydrogens (tertiary/aromatic N) is 2. The number of nitrogens with one attached hydrogen (secondary N) is 1. The number of amides is 2. The number of sulfonamides is 1. The third-order valence-electron chi connectivity index (χ3n) is 6.66. The highest BCUT2D eigenvalue weighted by Crippen LogP contribution is 2.33. The molecule has 0 aromatic heterocycles. The fourth-order valence-electron chi connectivity index (χ4n) is 4.38. The van der Waals surface area contributed by atoms with Crippen molar-refractivity contribution in [1.82, 2.24) is 10.2 Å². The first-order valence-corrected chi connectivity index (χ1v) is 16.1. The first kappa shape index (κ1) is 34.3. The van der Waals surface area contributed by atoms with Crippen LogP contribution < -0.4 is 19.1 Å². The molecule has 0 aliphatic carbocycles. The minimum Gasteiger partial charge on any atom is -0.493 e. The summed E-state index contributed by atoms with van der Waals surface area (Å²) >= 11 is 19.0. The number of anilines is 1. The summed E-state index contributed by atoms with van der Waals surface area (Å²) in [5.74, 6) is -0.489. The van der Waals surface area contributed by atoms with E-state index in [1.165, 1.54) is 61.6 Å². The predicted molar refractivity (Wildman–Crippen MR) is 170 cm³/mol. The highest BCUT2D eigenvalue weighted by atomic mass is 35.5. The van der Waals surface area contributed by atoms with Crippen LogP contribution in [0, 0.1) is 0 Å². The van der Waals surface area contributed by atoms with Gasteiger partial charge in [0.05, 0.1) is 24.8 Å². The van der Waals surface area contributed by atoms with Crippen LogP contribution in [0.25, 0.3) is 0 Å². The maximum absolute atomic E-state index is 14.2. The van der Waals surface area contributed by atoms with Crippen LogP contribution in [0.3, 0.4) is 0 Å². The number of hydrogen-bond donors (Lipinski definition) is 1. The molecule has 3 aromatic rings. The van der Waals surface area contributed by atoms with Crippen molar-refractivity contribution < 1.29 is 27.5 Å². The average molecular weight is 671 g/mol. The molecular weight excluding hydrogens is 637 g/mol. The molecule has 3 aromatic carbocycles. The van der Waals surface area contributed by atoms with Gasteiger partial charge in [-0.1, -0.05) is 54.7 Å².